The molecule has 1 aromatic carbocycles. The highest BCUT2D eigenvalue weighted by Gasteiger charge is 2.51. The van der Waals surface area contributed by atoms with Crippen LogP contribution < -0.4 is 0 Å². The van der Waals surface area contributed by atoms with Crippen LogP contribution in [0.4, 0.5) is 4.79 Å². The van der Waals surface area contributed by atoms with Gasteiger partial charge >= 0.3 is 6.09 Å². The Morgan fingerprint density at radius 3 is 2.68 bits per heavy atom. The lowest BCUT2D eigenvalue weighted by atomic mass is 9.85. The number of carbonyl (C=O) groups is 1. The summed E-state index contributed by atoms with van der Waals surface area (Å²) in [7, 11) is 1.84. The molecule has 25 heavy (non-hydrogen) atoms. The summed E-state index contributed by atoms with van der Waals surface area (Å²) in [6.07, 6.45) is 2.74. The van der Waals surface area contributed by atoms with Crippen LogP contribution in [0.15, 0.2) is 24.3 Å². The van der Waals surface area contributed by atoms with Crippen LogP contribution in [-0.2, 0) is 11.2 Å². The van der Waals surface area contributed by atoms with Crippen molar-refractivity contribution in [3.8, 4) is 0 Å². The first kappa shape index (κ1) is 16.5. The lowest BCUT2D eigenvalue weighted by Gasteiger charge is -2.40. The van der Waals surface area contributed by atoms with Gasteiger partial charge in [-0.2, -0.15) is 0 Å². The smallest absolute Gasteiger partial charge is 0.410 e. The highest BCUT2D eigenvalue weighted by molar-refractivity contribution is 5.84. The average molecular weight is 341 g/mol. The number of hydrogen-bond donors (Lipinski definition) is 1. The van der Waals surface area contributed by atoms with Crippen LogP contribution in [0, 0.1) is 6.92 Å². The Bertz CT molecular complexity index is 789. The number of likely N-dealkylation sites (tertiary alicyclic amines) is 1. The van der Waals surface area contributed by atoms with Crippen molar-refractivity contribution in [1.29, 1.82) is 0 Å². The van der Waals surface area contributed by atoms with Crippen LogP contribution >= 0.6 is 0 Å². The average Bonchev–Trinajstić information content (AvgIpc) is 3.04. The minimum Gasteiger partial charge on any atom is -0.441 e. The maximum Gasteiger partial charge on any atom is 0.410 e. The van der Waals surface area contributed by atoms with E-state index >= 15 is 0 Å². The number of hydrogen-bond acceptors (Lipinski definition) is 3. The molecule has 5 heteroatoms. The van der Waals surface area contributed by atoms with E-state index in [1.54, 1.807) is 4.90 Å². The summed E-state index contributed by atoms with van der Waals surface area (Å²) in [4.78, 5) is 19.6. The van der Waals surface area contributed by atoms with Gasteiger partial charge in [0, 0.05) is 56.1 Å². The Labute approximate surface area is 148 Å². The van der Waals surface area contributed by atoms with Gasteiger partial charge in [-0.15, -0.1) is 0 Å². The summed E-state index contributed by atoms with van der Waals surface area (Å²) in [6, 6.07) is 8.69. The maximum atomic E-state index is 11.9. The first-order valence-corrected chi connectivity index (χ1v) is 9.24. The van der Waals surface area contributed by atoms with Crippen LogP contribution in [-0.4, -0.2) is 59.2 Å². The molecule has 2 saturated heterocycles. The highest BCUT2D eigenvalue weighted by atomic mass is 16.6. The summed E-state index contributed by atoms with van der Waals surface area (Å²) in [5.41, 5.74) is 3.65. The Morgan fingerprint density at radius 2 is 2.00 bits per heavy atom. The minimum atomic E-state index is -0.279. The van der Waals surface area contributed by atoms with Crippen molar-refractivity contribution in [2.45, 2.75) is 44.8 Å². The number of carbonyl (C=O) groups excluding carboxylic acids is 1. The number of nitrogens with zero attached hydrogens (tertiary/aromatic N) is 2. The van der Waals surface area contributed by atoms with Crippen LogP contribution in [0.1, 0.15) is 31.0 Å². The molecule has 5 nitrogen and oxygen atoms in total. The number of rotatable bonds is 3. The van der Waals surface area contributed by atoms with Gasteiger partial charge < -0.3 is 19.5 Å². The van der Waals surface area contributed by atoms with E-state index in [2.05, 4.69) is 48.0 Å². The number of para-hydroxylation sites is 1. The summed E-state index contributed by atoms with van der Waals surface area (Å²) >= 11 is 0. The molecule has 1 unspecified atom stereocenters. The van der Waals surface area contributed by atoms with E-state index in [9.17, 15) is 4.79 Å². The van der Waals surface area contributed by atoms with Crippen molar-refractivity contribution < 1.29 is 9.53 Å². The van der Waals surface area contributed by atoms with Crippen LogP contribution in [0.25, 0.3) is 10.9 Å². The first-order valence-electron chi connectivity index (χ1n) is 9.24. The van der Waals surface area contributed by atoms with Gasteiger partial charge in [0.2, 0.25) is 0 Å². The van der Waals surface area contributed by atoms with Crippen molar-refractivity contribution in [3.05, 3.63) is 35.5 Å². The maximum absolute atomic E-state index is 11.9. The molecule has 3 heterocycles. The number of aromatic nitrogens is 1. The molecule has 0 saturated carbocycles. The molecule has 2 aliphatic rings. The van der Waals surface area contributed by atoms with E-state index in [-0.39, 0.29) is 17.7 Å². The molecule has 1 aromatic heterocycles. The Balaban J connectivity index is 1.39. The second kappa shape index (κ2) is 6.06. The number of benzene rings is 1. The topological polar surface area (TPSA) is 48.6 Å². The third-order valence-electron chi connectivity index (χ3n) is 6.33. The SMILES string of the molecule is Cc1[nH]c2ccccc2c1CCN1CCC2(CC1)OC(=O)N(C)C2C. The quantitative estimate of drug-likeness (QED) is 0.932. The fourth-order valence-corrected chi connectivity index (χ4v) is 4.44. The number of amides is 1. The van der Waals surface area contributed by atoms with Gasteiger partial charge in [0.05, 0.1) is 6.04 Å². The number of nitrogens with one attached hydrogen (secondary N) is 1. The number of H-pyrrole nitrogens is 1. The Kier molecular flexibility index (Phi) is 3.99. The van der Waals surface area contributed by atoms with Crippen molar-refractivity contribution in [2.75, 3.05) is 26.7 Å². The highest BCUT2D eigenvalue weighted by Crippen LogP contribution is 2.37. The molecule has 2 fully saturated rings. The third kappa shape index (κ3) is 2.71. The largest absolute Gasteiger partial charge is 0.441 e. The molecule has 2 aromatic rings. The number of aromatic amines is 1. The van der Waals surface area contributed by atoms with Gasteiger partial charge in [0.25, 0.3) is 0 Å². The molecule has 134 valence electrons. The number of piperidine rings is 1. The fraction of sp³-hybridized carbons (Fsp3) is 0.550. The Morgan fingerprint density at radius 1 is 1.28 bits per heavy atom. The lowest BCUT2D eigenvalue weighted by molar-refractivity contribution is -0.0170. The van der Waals surface area contributed by atoms with E-state index in [1.807, 2.05) is 7.05 Å². The van der Waals surface area contributed by atoms with Gasteiger partial charge in [0.1, 0.15) is 5.60 Å². The van der Waals surface area contributed by atoms with Gasteiger partial charge in [-0.1, -0.05) is 18.2 Å². The van der Waals surface area contributed by atoms with Crippen molar-refractivity contribution >= 4 is 17.0 Å². The fourth-order valence-electron chi connectivity index (χ4n) is 4.44. The number of likely N-dealkylation sites (N-methyl/N-ethyl adjacent to an activating group) is 1. The van der Waals surface area contributed by atoms with Gasteiger partial charge in [-0.05, 0) is 31.9 Å². The monoisotopic (exact) mass is 341 g/mol. The number of aryl methyl sites for hydroxylation is 1. The van der Waals surface area contributed by atoms with Gasteiger partial charge in [-0.25, -0.2) is 4.79 Å². The van der Waals surface area contributed by atoms with Crippen LogP contribution in [0.3, 0.4) is 0 Å². The standard InChI is InChI=1S/C20H27N3O2/c1-14-16(17-6-4-5-7-18(17)21-14)8-11-23-12-9-20(10-13-23)15(2)22(3)19(24)25-20/h4-7,15,21H,8-13H2,1-3H3. The molecule has 1 atom stereocenters. The summed E-state index contributed by atoms with van der Waals surface area (Å²) in [6.45, 7) is 7.31. The van der Waals surface area contributed by atoms with E-state index in [0.29, 0.717) is 0 Å². The van der Waals surface area contributed by atoms with Crippen molar-refractivity contribution in [3.63, 3.8) is 0 Å². The minimum absolute atomic E-state index is 0.165. The number of ether oxygens (including phenoxy) is 1. The molecule has 2 aliphatic heterocycles. The third-order valence-corrected chi connectivity index (χ3v) is 6.33. The molecule has 1 N–H and O–H groups in total. The molecule has 1 amide bonds. The lowest BCUT2D eigenvalue weighted by Crippen LogP contribution is -2.51. The molecular formula is C20H27N3O2. The zero-order chi connectivity index (χ0) is 17.6. The second-order valence-electron chi connectivity index (χ2n) is 7.59. The molecule has 0 radical (unpaired) electrons. The second-order valence-corrected chi connectivity index (χ2v) is 7.59. The van der Waals surface area contributed by atoms with Gasteiger partial charge in [-0.3, -0.25) is 0 Å². The van der Waals surface area contributed by atoms with E-state index in [4.69, 9.17) is 4.74 Å². The van der Waals surface area contributed by atoms with E-state index < -0.39 is 0 Å². The predicted octanol–water partition coefficient (Wildman–Crippen LogP) is 3.32. The molecule has 0 aliphatic carbocycles. The van der Waals surface area contributed by atoms with Crippen LogP contribution in [0.5, 0.6) is 0 Å². The van der Waals surface area contributed by atoms with Crippen LogP contribution in [0.2, 0.25) is 0 Å². The summed E-state index contributed by atoms with van der Waals surface area (Å²) < 4.78 is 5.75. The molecule has 1 spiro atoms. The molecule has 0 bridgehead atoms. The summed E-state index contributed by atoms with van der Waals surface area (Å²) in [5, 5.41) is 1.34. The van der Waals surface area contributed by atoms with E-state index in [0.717, 1.165) is 38.9 Å². The van der Waals surface area contributed by atoms with Crippen molar-refractivity contribution in [2.24, 2.45) is 0 Å². The van der Waals surface area contributed by atoms with Gasteiger partial charge in [0.15, 0.2) is 0 Å². The van der Waals surface area contributed by atoms with E-state index in [1.165, 1.54) is 22.2 Å². The molecule has 4 rings (SSSR count). The summed E-state index contributed by atoms with van der Waals surface area (Å²) in [5.74, 6) is 0. The normalized spacial score (nSPS) is 23.6. The van der Waals surface area contributed by atoms with Crippen molar-refractivity contribution in [1.82, 2.24) is 14.8 Å². The number of fused-ring (bicyclic) bond motifs is 1. The zero-order valence-corrected chi connectivity index (χ0v) is 15.3. The Hall–Kier alpha value is -2.01. The predicted molar refractivity (Wildman–Crippen MR) is 98.9 cm³/mol. The first-order chi connectivity index (χ1) is 12.0. The zero-order valence-electron chi connectivity index (χ0n) is 15.3. The molecular weight excluding hydrogens is 314 g/mol.